The molecular weight excluding hydrogens is 496 g/mol. The van der Waals surface area contributed by atoms with E-state index in [4.69, 9.17) is 12.2 Å². The number of rotatable bonds is 6. The normalized spacial score (nSPS) is 27.4. The fourth-order valence-electron chi connectivity index (χ4n) is 4.61. The molecule has 0 spiro atoms. The van der Waals surface area contributed by atoms with Crippen LogP contribution in [0.5, 0.6) is 5.75 Å². The first-order chi connectivity index (χ1) is 15.9. The van der Waals surface area contributed by atoms with Gasteiger partial charge in [0.15, 0.2) is 0 Å². The number of phenolic OH excluding ortho intramolecular Hbond substituents is 1. The van der Waals surface area contributed by atoms with Gasteiger partial charge in [-0.15, -0.1) is 11.8 Å². The number of benzene rings is 1. The summed E-state index contributed by atoms with van der Waals surface area (Å²) in [6, 6.07) is 4.16. The van der Waals surface area contributed by atoms with Crippen molar-refractivity contribution in [3.05, 3.63) is 29.8 Å². The highest BCUT2D eigenvalue weighted by Gasteiger charge is 2.64. The van der Waals surface area contributed by atoms with Crippen molar-refractivity contribution in [1.29, 1.82) is 0 Å². The number of carbonyl (C=O) groups excluding carboxylic acids is 2. The van der Waals surface area contributed by atoms with Crippen molar-refractivity contribution >= 4 is 57.8 Å². The van der Waals surface area contributed by atoms with Crippen molar-refractivity contribution in [3.8, 4) is 5.75 Å². The van der Waals surface area contributed by atoms with Crippen molar-refractivity contribution in [3.63, 3.8) is 0 Å². The molecule has 0 aromatic heterocycles. The second-order valence-corrected chi connectivity index (χ2v) is 12.8. The number of amides is 2. The molecule has 3 N–H and O–H groups in total. The van der Waals surface area contributed by atoms with Crippen molar-refractivity contribution in [1.82, 2.24) is 20.0 Å². The number of β-lactam (4-membered cyclic amide) rings is 1. The van der Waals surface area contributed by atoms with Crippen molar-refractivity contribution in [2.24, 2.45) is 0 Å². The van der Waals surface area contributed by atoms with E-state index >= 15 is 0 Å². The van der Waals surface area contributed by atoms with Gasteiger partial charge >= 0.3 is 5.97 Å². The van der Waals surface area contributed by atoms with Crippen LogP contribution >= 0.6 is 35.7 Å². The van der Waals surface area contributed by atoms with Crippen molar-refractivity contribution < 1.29 is 24.6 Å². The molecule has 34 heavy (non-hydrogen) atoms. The Kier molecular flexibility index (Phi) is 6.80. The number of fused-ring (bicyclic) bond motifs is 1. The number of thiocarbonyl (C=S) groups is 1. The van der Waals surface area contributed by atoms with Crippen LogP contribution in [0.2, 0.25) is 0 Å². The number of phenols is 1. The van der Waals surface area contributed by atoms with Gasteiger partial charge in [0.2, 0.25) is 11.8 Å². The molecule has 184 valence electrons. The number of thioether (sulfide) groups is 2. The minimum atomic E-state index is -1.05. The van der Waals surface area contributed by atoms with E-state index in [1.807, 2.05) is 23.6 Å². The summed E-state index contributed by atoms with van der Waals surface area (Å²) in [5, 5.41) is 21.8. The lowest BCUT2D eigenvalue weighted by atomic mass is 9.95. The number of aliphatic carboxylic acids is 1. The van der Waals surface area contributed by atoms with Gasteiger partial charge < -0.3 is 25.3 Å². The van der Waals surface area contributed by atoms with Gasteiger partial charge in [-0.25, -0.2) is 4.79 Å². The number of hydrogen-bond acceptors (Lipinski definition) is 8. The summed E-state index contributed by atoms with van der Waals surface area (Å²) in [6.45, 7) is 8.11. The second kappa shape index (κ2) is 9.21. The molecule has 2 unspecified atom stereocenters. The Hall–Kier alpha value is -2.02. The number of carboxylic acids is 1. The van der Waals surface area contributed by atoms with Crippen LogP contribution in [-0.4, -0.2) is 87.8 Å². The van der Waals surface area contributed by atoms with E-state index in [2.05, 4.69) is 5.32 Å². The van der Waals surface area contributed by atoms with Crippen LogP contribution in [-0.2, 0) is 14.4 Å². The molecule has 3 aliphatic heterocycles. The standard InChI is InChI=1S/C22H28N4O5S3/c1-11(2)25-9-24(10-33-21(25)32)15(12-5-7-13(27)8-6-12)17(28)23-14-18(29)26-16(20(30)31)22(3,4)34-19(14)26/h5-8,11,14-16,19,27H,9-10H2,1-4H3,(H,23,28)(H,30,31)/t14-,15+,16?,19?/m1/s1. The van der Waals surface area contributed by atoms with Crippen LogP contribution < -0.4 is 5.32 Å². The number of carbonyl (C=O) groups is 3. The lowest BCUT2D eigenvalue weighted by Gasteiger charge is -2.45. The molecule has 0 aliphatic carbocycles. The quantitative estimate of drug-likeness (QED) is 0.377. The number of hydrogen-bond donors (Lipinski definition) is 3. The maximum Gasteiger partial charge on any atom is 0.327 e. The summed E-state index contributed by atoms with van der Waals surface area (Å²) in [6.07, 6.45) is 0. The van der Waals surface area contributed by atoms with Gasteiger partial charge in [0, 0.05) is 10.8 Å². The Labute approximate surface area is 212 Å². The van der Waals surface area contributed by atoms with Gasteiger partial charge in [-0.2, -0.15) is 0 Å². The summed E-state index contributed by atoms with van der Waals surface area (Å²) in [7, 11) is 0. The topological polar surface area (TPSA) is 113 Å². The van der Waals surface area contributed by atoms with Crippen LogP contribution in [0.25, 0.3) is 0 Å². The highest BCUT2D eigenvalue weighted by atomic mass is 32.2. The average Bonchev–Trinajstić information content (AvgIpc) is 3.02. The molecule has 1 aromatic carbocycles. The largest absolute Gasteiger partial charge is 0.508 e. The molecule has 1 aromatic rings. The van der Waals surface area contributed by atoms with Crippen LogP contribution in [0.15, 0.2) is 24.3 Å². The maximum atomic E-state index is 13.6. The molecule has 9 nitrogen and oxygen atoms in total. The van der Waals surface area contributed by atoms with Crippen LogP contribution in [0.4, 0.5) is 0 Å². The zero-order valence-corrected chi connectivity index (χ0v) is 21.7. The smallest absolute Gasteiger partial charge is 0.327 e. The Morgan fingerprint density at radius 1 is 1.24 bits per heavy atom. The van der Waals surface area contributed by atoms with Crippen LogP contribution in [0.3, 0.4) is 0 Å². The third kappa shape index (κ3) is 4.36. The summed E-state index contributed by atoms with van der Waals surface area (Å²) in [4.78, 5) is 43.7. The molecular formula is C22H28N4O5S3. The van der Waals surface area contributed by atoms with Gasteiger partial charge in [-0.1, -0.05) is 36.1 Å². The van der Waals surface area contributed by atoms with Crippen molar-refractivity contribution in [2.75, 3.05) is 12.5 Å². The Morgan fingerprint density at radius 3 is 2.47 bits per heavy atom. The summed E-state index contributed by atoms with van der Waals surface area (Å²) in [5.41, 5.74) is 0.680. The molecule has 0 bridgehead atoms. The zero-order valence-electron chi connectivity index (χ0n) is 19.3. The molecule has 12 heteroatoms. The fraction of sp³-hybridized carbons (Fsp3) is 0.545. The fourth-order valence-corrected chi connectivity index (χ4v) is 7.60. The molecule has 3 fully saturated rings. The molecule has 3 aliphatic rings. The van der Waals surface area contributed by atoms with E-state index in [9.17, 15) is 24.6 Å². The summed E-state index contributed by atoms with van der Waals surface area (Å²) < 4.78 is 0.101. The molecule has 4 atom stereocenters. The number of nitrogens with zero attached hydrogens (tertiary/aromatic N) is 3. The number of aromatic hydroxyl groups is 1. The first kappa shape index (κ1) is 25.1. The Morgan fingerprint density at radius 2 is 1.88 bits per heavy atom. The molecule has 4 rings (SSSR count). The Bertz CT molecular complexity index is 1020. The van der Waals surface area contributed by atoms with Crippen LogP contribution in [0, 0.1) is 0 Å². The van der Waals surface area contributed by atoms with E-state index in [1.54, 1.807) is 26.0 Å². The highest BCUT2D eigenvalue weighted by molar-refractivity contribution is 8.22. The monoisotopic (exact) mass is 524 g/mol. The molecule has 0 radical (unpaired) electrons. The average molecular weight is 525 g/mol. The first-order valence-corrected chi connectivity index (χ1v) is 13.2. The van der Waals surface area contributed by atoms with Gasteiger partial charge in [-0.3, -0.25) is 14.5 Å². The minimum absolute atomic E-state index is 0.0926. The van der Waals surface area contributed by atoms with Crippen molar-refractivity contribution in [2.45, 2.75) is 62.0 Å². The Balaban J connectivity index is 1.57. The maximum absolute atomic E-state index is 13.6. The van der Waals surface area contributed by atoms with E-state index in [-0.39, 0.29) is 23.6 Å². The first-order valence-electron chi connectivity index (χ1n) is 10.9. The van der Waals surface area contributed by atoms with Crippen LogP contribution in [0.1, 0.15) is 39.3 Å². The molecule has 2 amide bonds. The third-order valence-corrected chi connectivity index (χ3v) is 9.44. The predicted octanol–water partition coefficient (Wildman–Crippen LogP) is 2.02. The van der Waals surface area contributed by atoms with Gasteiger partial charge in [0.25, 0.3) is 0 Å². The molecule has 0 saturated carbocycles. The lowest BCUT2D eigenvalue weighted by Crippen LogP contribution is -2.71. The zero-order chi connectivity index (χ0) is 24.9. The molecule has 3 saturated heterocycles. The van der Waals surface area contributed by atoms with E-state index in [1.165, 1.54) is 40.6 Å². The summed E-state index contributed by atoms with van der Waals surface area (Å²) >= 11 is 8.35. The minimum Gasteiger partial charge on any atom is -0.508 e. The third-order valence-electron chi connectivity index (χ3n) is 6.34. The van der Waals surface area contributed by atoms with E-state index in [0.717, 1.165) is 4.32 Å². The highest BCUT2D eigenvalue weighted by Crippen LogP contribution is 2.51. The van der Waals surface area contributed by atoms with E-state index < -0.39 is 34.2 Å². The predicted molar refractivity (Wildman–Crippen MR) is 135 cm³/mol. The second-order valence-electron chi connectivity index (χ2n) is 9.41. The van der Waals surface area contributed by atoms with Gasteiger partial charge in [0.05, 0.1) is 12.5 Å². The van der Waals surface area contributed by atoms with Gasteiger partial charge in [-0.05, 0) is 45.4 Å². The van der Waals surface area contributed by atoms with Gasteiger partial charge in [0.1, 0.15) is 33.6 Å². The van der Waals surface area contributed by atoms with E-state index in [0.29, 0.717) is 18.1 Å². The SMILES string of the molecule is CC(C)N1CN([C@H](C(=O)N[C@@H]2C(=O)N3C2SC(C)(C)C3C(=O)O)c2ccc(O)cc2)CSC1=S. The number of carboxylic acid groups (broad SMARTS) is 1. The molecule has 3 heterocycles. The lowest BCUT2D eigenvalue weighted by molar-refractivity contribution is -0.161. The summed E-state index contributed by atoms with van der Waals surface area (Å²) in [5.74, 6) is -1.19. The number of nitrogens with one attached hydrogen (secondary N) is 1.